The summed E-state index contributed by atoms with van der Waals surface area (Å²) in [5, 5.41) is 8.99. The molecule has 1 unspecified atom stereocenters. The molecule has 0 radical (unpaired) electrons. The van der Waals surface area contributed by atoms with E-state index in [0.717, 1.165) is 5.56 Å². The quantitative estimate of drug-likeness (QED) is 0.641. The highest BCUT2D eigenvalue weighted by atomic mass is 15.2. The van der Waals surface area contributed by atoms with Crippen LogP contribution in [0, 0.1) is 18.3 Å². The van der Waals surface area contributed by atoms with E-state index in [0.29, 0.717) is 6.04 Å². The Bertz CT molecular complexity index is 456. The zero-order valence-electron chi connectivity index (χ0n) is 8.95. The molecule has 0 aliphatic carbocycles. The van der Waals surface area contributed by atoms with E-state index in [1.807, 2.05) is 6.07 Å². The van der Waals surface area contributed by atoms with Gasteiger partial charge in [-0.1, -0.05) is 6.07 Å². The number of piperidine rings is 1. The Morgan fingerprint density at radius 1 is 1.40 bits per heavy atom. The molecule has 1 fully saturated rings. The molecule has 2 aliphatic rings. The average Bonchev–Trinajstić information content (AvgIpc) is 2.25. The van der Waals surface area contributed by atoms with E-state index in [1.165, 1.54) is 42.6 Å². The third-order valence-corrected chi connectivity index (χ3v) is 3.73. The van der Waals surface area contributed by atoms with Gasteiger partial charge < -0.3 is 4.90 Å². The van der Waals surface area contributed by atoms with Gasteiger partial charge in [-0.3, -0.25) is 0 Å². The summed E-state index contributed by atoms with van der Waals surface area (Å²) in [7, 11) is 0. The highest BCUT2D eigenvalue weighted by Crippen LogP contribution is 2.50. The lowest BCUT2D eigenvalue weighted by atomic mass is 9.82. The first-order valence-corrected chi connectivity index (χ1v) is 5.63. The Hall–Kier alpha value is -1.49. The highest BCUT2D eigenvalue weighted by Gasteiger charge is 2.37. The normalized spacial score (nSPS) is 22.4. The SMILES string of the molecule is Cc1c(C#N)ccc2c1N1CCCCC21. The lowest BCUT2D eigenvalue weighted by Crippen LogP contribution is -2.42. The van der Waals surface area contributed by atoms with Gasteiger partial charge in [-0.2, -0.15) is 5.26 Å². The molecule has 1 saturated heterocycles. The molecule has 2 aliphatic heterocycles. The van der Waals surface area contributed by atoms with E-state index >= 15 is 0 Å². The van der Waals surface area contributed by atoms with E-state index in [9.17, 15) is 0 Å². The van der Waals surface area contributed by atoms with Gasteiger partial charge in [0.1, 0.15) is 0 Å². The molecule has 1 atom stereocenters. The lowest BCUT2D eigenvalue weighted by Gasteiger charge is -2.49. The van der Waals surface area contributed by atoms with Crippen molar-refractivity contribution in [2.75, 3.05) is 11.4 Å². The maximum absolute atomic E-state index is 8.99. The molecule has 0 N–H and O–H groups in total. The van der Waals surface area contributed by atoms with Crippen LogP contribution in [-0.4, -0.2) is 6.54 Å². The maximum Gasteiger partial charge on any atom is 0.0995 e. The summed E-state index contributed by atoms with van der Waals surface area (Å²) < 4.78 is 0. The predicted octanol–water partition coefficient (Wildman–Crippen LogP) is 2.91. The van der Waals surface area contributed by atoms with Crippen molar-refractivity contribution >= 4 is 5.69 Å². The second kappa shape index (κ2) is 3.00. The minimum Gasteiger partial charge on any atom is -0.364 e. The number of nitrogens with zero attached hydrogens (tertiary/aromatic N) is 2. The second-order valence-electron chi connectivity index (χ2n) is 4.49. The van der Waals surface area contributed by atoms with Crippen LogP contribution >= 0.6 is 0 Å². The van der Waals surface area contributed by atoms with Gasteiger partial charge in [-0.05, 0) is 43.4 Å². The average molecular weight is 198 g/mol. The van der Waals surface area contributed by atoms with Gasteiger partial charge in [0, 0.05) is 12.2 Å². The molecule has 0 spiro atoms. The molecule has 0 saturated carbocycles. The molecule has 15 heavy (non-hydrogen) atoms. The largest absolute Gasteiger partial charge is 0.364 e. The van der Waals surface area contributed by atoms with Crippen molar-refractivity contribution < 1.29 is 0 Å². The van der Waals surface area contributed by atoms with Crippen LogP contribution in [0.4, 0.5) is 5.69 Å². The molecule has 0 bridgehead atoms. The van der Waals surface area contributed by atoms with E-state index in [-0.39, 0.29) is 0 Å². The summed E-state index contributed by atoms with van der Waals surface area (Å²) in [6.07, 6.45) is 3.93. The Kier molecular flexibility index (Phi) is 1.76. The zero-order valence-corrected chi connectivity index (χ0v) is 8.95. The van der Waals surface area contributed by atoms with Crippen molar-refractivity contribution in [2.45, 2.75) is 32.2 Å². The van der Waals surface area contributed by atoms with Gasteiger partial charge in [0.2, 0.25) is 0 Å². The summed E-state index contributed by atoms with van der Waals surface area (Å²) in [5.74, 6) is 0. The standard InChI is InChI=1S/C13H14N2/c1-9-10(8-14)5-6-11-12-4-2-3-7-15(12)13(9)11/h5-6,12H,2-4,7H2,1H3. The molecule has 2 nitrogen and oxygen atoms in total. The topological polar surface area (TPSA) is 27.0 Å². The molecule has 2 heterocycles. The van der Waals surface area contributed by atoms with Crippen LogP contribution in [0.3, 0.4) is 0 Å². The van der Waals surface area contributed by atoms with Gasteiger partial charge in [-0.15, -0.1) is 0 Å². The van der Waals surface area contributed by atoms with E-state index < -0.39 is 0 Å². The third-order valence-electron chi connectivity index (χ3n) is 3.73. The molecule has 1 aromatic carbocycles. The molecule has 0 amide bonds. The van der Waals surface area contributed by atoms with Crippen LogP contribution in [-0.2, 0) is 0 Å². The smallest absolute Gasteiger partial charge is 0.0995 e. The first-order chi connectivity index (χ1) is 7.33. The fourth-order valence-corrected chi connectivity index (χ4v) is 2.95. The predicted molar refractivity (Wildman–Crippen MR) is 59.8 cm³/mol. The first-order valence-electron chi connectivity index (χ1n) is 5.63. The number of fused-ring (bicyclic) bond motifs is 4. The molecule has 0 aromatic heterocycles. The third kappa shape index (κ3) is 1.04. The Morgan fingerprint density at radius 3 is 3.07 bits per heavy atom. The van der Waals surface area contributed by atoms with Crippen molar-refractivity contribution in [1.82, 2.24) is 0 Å². The van der Waals surface area contributed by atoms with Crippen LogP contribution in [0.1, 0.15) is 42.0 Å². The molecule has 76 valence electrons. The lowest BCUT2D eigenvalue weighted by molar-refractivity contribution is 0.437. The maximum atomic E-state index is 8.99. The van der Waals surface area contributed by atoms with Crippen molar-refractivity contribution in [1.29, 1.82) is 5.26 Å². The number of hydrogen-bond donors (Lipinski definition) is 0. The van der Waals surface area contributed by atoms with Gasteiger partial charge in [-0.25, -0.2) is 0 Å². The highest BCUT2D eigenvalue weighted by molar-refractivity contribution is 5.73. The van der Waals surface area contributed by atoms with Crippen LogP contribution in [0.15, 0.2) is 12.1 Å². The minimum absolute atomic E-state index is 0.653. The zero-order chi connectivity index (χ0) is 10.4. The number of hydrogen-bond acceptors (Lipinski definition) is 2. The van der Waals surface area contributed by atoms with Gasteiger partial charge in [0.25, 0.3) is 0 Å². The first kappa shape index (κ1) is 8.79. The van der Waals surface area contributed by atoms with Crippen LogP contribution in [0.25, 0.3) is 0 Å². The van der Waals surface area contributed by atoms with Crippen molar-refractivity contribution in [3.05, 3.63) is 28.8 Å². The van der Waals surface area contributed by atoms with E-state index in [2.05, 4.69) is 24.0 Å². The molecule has 3 rings (SSSR count). The second-order valence-corrected chi connectivity index (χ2v) is 4.49. The van der Waals surface area contributed by atoms with Gasteiger partial charge in [0.15, 0.2) is 0 Å². The van der Waals surface area contributed by atoms with Crippen molar-refractivity contribution in [2.24, 2.45) is 0 Å². The Balaban J connectivity index is 2.11. The summed E-state index contributed by atoms with van der Waals surface area (Å²) in [5.41, 5.74) is 4.82. The summed E-state index contributed by atoms with van der Waals surface area (Å²) in [6, 6.07) is 7.04. The molecule has 2 heteroatoms. The fraction of sp³-hybridized carbons (Fsp3) is 0.462. The van der Waals surface area contributed by atoms with Crippen LogP contribution in [0.5, 0.6) is 0 Å². The van der Waals surface area contributed by atoms with Gasteiger partial charge in [0.05, 0.1) is 17.7 Å². The number of anilines is 1. The molecular weight excluding hydrogens is 184 g/mol. The Morgan fingerprint density at radius 2 is 2.27 bits per heavy atom. The molecular formula is C13H14N2. The van der Waals surface area contributed by atoms with E-state index in [1.54, 1.807) is 0 Å². The summed E-state index contributed by atoms with van der Waals surface area (Å²) >= 11 is 0. The van der Waals surface area contributed by atoms with Crippen molar-refractivity contribution in [3.63, 3.8) is 0 Å². The minimum atomic E-state index is 0.653. The van der Waals surface area contributed by atoms with Crippen LogP contribution < -0.4 is 4.90 Å². The number of nitriles is 1. The monoisotopic (exact) mass is 198 g/mol. The van der Waals surface area contributed by atoms with Crippen molar-refractivity contribution in [3.8, 4) is 6.07 Å². The summed E-state index contributed by atoms with van der Waals surface area (Å²) in [6.45, 7) is 3.25. The fourth-order valence-electron chi connectivity index (χ4n) is 2.95. The summed E-state index contributed by atoms with van der Waals surface area (Å²) in [4.78, 5) is 2.48. The number of benzene rings is 1. The molecule has 1 aromatic rings. The number of rotatable bonds is 0. The Labute approximate surface area is 90.1 Å². The van der Waals surface area contributed by atoms with Gasteiger partial charge >= 0.3 is 0 Å². The van der Waals surface area contributed by atoms with E-state index in [4.69, 9.17) is 5.26 Å². The van der Waals surface area contributed by atoms with Crippen LogP contribution in [0.2, 0.25) is 0 Å².